The molecule has 0 aliphatic carbocycles. The van der Waals surface area contributed by atoms with Gasteiger partial charge in [-0.2, -0.15) is 10.2 Å². The zero-order valence-electron chi connectivity index (χ0n) is 35.3. The van der Waals surface area contributed by atoms with Crippen LogP contribution in [0.3, 0.4) is 0 Å². The first kappa shape index (κ1) is 47.6. The van der Waals surface area contributed by atoms with Crippen molar-refractivity contribution in [2.45, 2.75) is 51.4 Å². The molecule has 62 heavy (non-hydrogen) atoms. The Morgan fingerprint density at radius 2 is 0.952 bits per heavy atom. The molecule has 4 aromatic carbocycles. The van der Waals surface area contributed by atoms with Gasteiger partial charge in [-0.25, -0.2) is 14.4 Å². The van der Waals surface area contributed by atoms with Crippen LogP contribution in [0.25, 0.3) is 0 Å². The molecule has 0 amide bonds. The highest BCUT2D eigenvalue weighted by molar-refractivity contribution is 5.92. The van der Waals surface area contributed by atoms with Gasteiger partial charge >= 0.3 is 17.9 Å². The average molecular weight is 851 g/mol. The second-order valence-electron chi connectivity index (χ2n) is 13.4. The lowest BCUT2D eigenvalue weighted by molar-refractivity contribution is -0.138. The predicted molar refractivity (Wildman–Crippen MR) is 235 cm³/mol. The summed E-state index contributed by atoms with van der Waals surface area (Å²) in [6, 6.07) is 24.4. The highest BCUT2D eigenvalue weighted by atomic mass is 16.7. The van der Waals surface area contributed by atoms with Gasteiger partial charge in [0.1, 0.15) is 17.2 Å². The third-order valence-electron chi connectivity index (χ3n) is 8.85. The molecule has 0 saturated heterocycles. The predicted octanol–water partition coefficient (Wildman–Crippen LogP) is 9.13. The van der Waals surface area contributed by atoms with Crippen LogP contribution in [0, 0.1) is 0 Å². The Bertz CT molecular complexity index is 2080. The third-order valence-corrected chi connectivity index (χ3v) is 8.85. The van der Waals surface area contributed by atoms with Crippen LogP contribution >= 0.6 is 0 Å². The molecular formula is C48H54N2O12. The Kier molecular flexibility index (Phi) is 21.2. The SMILES string of the molecule is C=CC(=O)OCCCCCCOc1ccc(OCOc2ccc(/C=N/N=C/c3ccc(OC(=O)c4ccc(OCCCCCCOC(=O)C=C)c(OC)c4)cc3)cc2)cc1OC. The number of carbonyl (C=O) groups excluding carboxylic acids is 3. The van der Waals surface area contributed by atoms with Crippen LogP contribution in [0.5, 0.6) is 40.2 Å². The summed E-state index contributed by atoms with van der Waals surface area (Å²) in [5.41, 5.74) is 1.90. The van der Waals surface area contributed by atoms with Gasteiger partial charge in [0.05, 0.1) is 58.6 Å². The van der Waals surface area contributed by atoms with Gasteiger partial charge in [-0.05, 0) is 141 Å². The fourth-order valence-corrected chi connectivity index (χ4v) is 5.52. The summed E-state index contributed by atoms with van der Waals surface area (Å²) < 4.78 is 49.7. The van der Waals surface area contributed by atoms with Crippen molar-refractivity contribution in [1.29, 1.82) is 0 Å². The smallest absolute Gasteiger partial charge is 0.343 e. The van der Waals surface area contributed by atoms with Crippen LogP contribution in [0.2, 0.25) is 0 Å². The van der Waals surface area contributed by atoms with Gasteiger partial charge in [0.15, 0.2) is 23.0 Å². The number of hydrogen-bond acceptors (Lipinski definition) is 14. The lowest BCUT2D eigenvalue weighted by atomic mass is 10.2. The quantitative estimate of drug-likeness (QED) is 0.00972. The summed E-state index contributed by atoms with van der Waals surface area (Å²) in [6.07, 6.45) is 12.5. The topological polar surface area (TPSA) is 159 Å². The maximum atomic E-state index is 12.9. The summed E-state index contributed by atoms with van der Waals surface area (Å²) in [7, 11) is 3.08. The van der Waals surface area contributed by atoms with E-state index in [0.29, 0.717) is 72.2 Å². The zero-order chi connectivity index (χ0) is 44.2. The van der Waals surface area contributed by atoms with Gasteiger partial charge in [-0.1, -0.05) is 13.2 Å². The highest BCUT2D eigenvalue weighted by Crippen LogP contribution is 2.32. The minimum absolute atomic E-state index is 0.0125. The average Bonchev–Trinajstić information content (AvgIpc) is 3.30. The van der Waals surface area contributed by atoms with E-state index in [4.69, 9.17) is 42.6 Å². The van der Waals surface area contributed by atoms with Gasteiger partial charge in [0.2, 0.25) is 6.79 Å². The number of methoxy groups -OCH3 is 2. The molecule has 14 heteroatoms. The number of unbranched alkanes of at least 4 members (excludes halogenated alkanes) is 6. The van der Waals surface area contributed by atoms with E-state index >= 15 is 0 Å². The van der Waals surface area contributed by atoms with Crippen molar-refractivity contribution in [2.75, 3.05) is 47.4 Å². The number of carbonyl (C=O) groups is 3. The van der Waals surface area contributed by atoms with Crippen molar-refractivity contribution in [3.05, 3.63) is 127 Å². The van der Waals surface area contributed by atoms with Gasteiger partial charge in [0, 0.05) is 18.2 Å². The molecule has 0 unspecified atom stereocenters. The summed E-state index contributed by atoms with van der Waals surface area (Å²) in [5.74, 6) is 2.32. The van der Waals surface area contributed by atoms with Crippen LogP contribution in [0.1, 0.15) is 72.9 Å². The molecule has 0 aromatic heterocycles. The van der Waals surface area contributed by atoms with Crippen LogP contribution in [0.4, 0.5) is 0 Å². The van der Waals surface area contributed by atoms with Crippen molar-refractivity contribution < 1.29 is 57.0 Å². The van der Waals surface area contributed by atoms with E-state index in [9.17, 15) is 14.4 Å². The van der Waals surface area contributed by atoms with E-state index < -0.39 is 17.9 Å². The van der Waals surface area contributed by atoms with Crippen LogP contribution in [0.15, 0.2) is 120 Å². The molecule has 0 bridgehead atoms. The van der Waals surface area contributed by atoms with Gasteiger partial charge < -0.3 is 42.6 Å². The van der Waals surface area contributed by atoms with E-state index in [0.717, 1.165) is 74.6 Å². The first-order valence-electron chi connectivity index (χ1n) is 20.3. The minimum Gasteiger partial charge on any atom is -0.493 e. The Morgan fingerprint density at radius 3 is 1.47 bits per heavy atom. The molecule has 328 valence electrons. The molecule has 0 N–H and O–H groups in total. The summed E-state index contributed by atoms with van der Waals surface area (Å²) in [5, 5.41) is 8.26. The van der Waals surface area contributed by atoms with E-state index in [1.54, 1.807) is 92.3 Å². The Labute approximate surface area is 362 Å². The maximum Gasteiger partial charge on any atom is 0.343 e. The molecule has 0 spiro atoms. The number of nitrogens with zero attached hydrogens (tertiary/aromatic N) is 2. The lowest BCUT2D eigenvalue weighted by Crippen LogP contribution is -2.09. The molecular weight excluding hydrogens is 797 g/mol. The molecule has 4 rings (SSSR count). The summed E-state index contributed by atoms with van der Waals surface area (Å²) in [6.45, 7) is 8.51. The molecule has 0 aliphatic rings. The fourth-order valence-electron chi connectivity index (χ4n) is 5.52. The monoisotopic (exact) mass is 850 g/mol. The molecule has 0 radical (unpaired) electrons. The van der Waals surface area contributed by atoms with Gasteiger partial charge in [0.25, 0.3) is 0 Å². The van der Waals surface area contributed by atoms with Crippen molar-refractivity contribution in [3.8, 4) is 40.2 Å². The number of ether oxygens (including phenoxy) is 9. The molecule has 0 heterocycles. The van der Waals surface area contributed by atoms with Gasteiger partial charge in [-0.3, -0.25) is 0 Å². The van der Waals surface area contributed by atoms with E-state index in [1.165, 1.54) is 7.11 Å². The van der Waals surface area contributed by atoms with Crippen molar-refractivity contribution in [2.24, 2.45) is 10.2 Å². The van der Waals surface area contributed by atoms with Crippen LogP contribution < -0.4 is 33.2 Å². The van der Waals surface area contributed by atoms with Crippen molar-refractivity contribution in [3.63, 3.8) is 0 Å². The molecule has 0 saturated carbocycles. The van der Waals surface area contributed by atoms with Crippen LogP contribution in [-0.4, -0.2) is 77.8 Å². The lowest BCUT2D eigenvalue weighted by Gasteiger charge is -2.13. The number of benzene rings is 4. The largest absolute Gasteiger partial charge is 0.493 e. The maximum absolute atomic E-state index is 12.9. The van der Waals surface area contributed by atoms with Crippen molar-refractivity contribution >= 4 is 30.3 Å². The first-order chi connectivity index (χ1) is 30.3. The van der Waals surface area contributed by atoms with E-state index in [-0.39, 0.29) is 6.79 Å². The summed E-state index contributed by atoms with van der Waals surface area (Å²) in [4.78, 5) is 35.0. The normalized spacial score (nSPS) is 10.8. The third kappa shape index (κ3) is 17.6. The Balaban J connectivity index is 1.13. The molecule has 0 aliphatic heterocycles. The number of esters is 3. The van der Waals surface area contributed by atoms with Crippen LogP contribution in [-0.2, 0) is 19.1 Å². The van der Waals surface area contributed by atoms with E-state index in [1.807, 2.05) is 12.1 Å². The number of hydrogen-bond donors (Lipinski definition) is 0. The first-order valence-corrected chi connectivity index (χ1v) is 20.3. The number of rotatable bonds is 29. The summed E-state index contributed by atoms with van der Waals surface area (Å²) >= 11 is 0. The minimum atomic E-state index is -0.540. The standard InChI is InChI=1S/C48H54N2O12/c1-5-46(51)58-29-13-9-7-11-27-56-42-25-19-38(31-44(42)54-3)48(53)62-40-22-17-37(18-23-40)34-50-49-33-36-15-20-39(21-16-36)60-35-61-41-24-26-43(45(32-41)55-4)57-28-12-8-10-14-30-59-47(52)6-2/h5-6,15-26,31-34H,1-2,7-14,27-30,35H2,3-4H3/b49-33+,50-34+. The molecule has 0 atom stereocenters. The Hall–Kier alpha value is -7.09. The van der Waals surface area contributed by atoms with Crippen molar-refractivity contribution in [1.82, 2.24) is 0 Å². The second kappa shape index (κ2) is 27.6. The zero-order valence-corrected chi connectivity index (χ0v) is 35.3. The molecule has 4 aromatic rings. The highest BCUT2D eigenvalue weighted by Gasteiger charge is 2.14. The van der Waals surface area contributed by atoms with E-state index in [2.05, 4.69) is 23.4 Å². The van der Waals surface area contributed by atoms with Gasteiger partial charge in [-0.15, -0.1) is 0 Å². The fraction of sp³-hybridized carbons (Fsp3) is 0.312. The molecule has 14 nitrogen and oxygen atoms in total. The Morgan fingerprint density at radius 1 is 0.500 bits per heavy atom. The molecule has 0 fully saturated rings. The second-order valence-corrected chi connectivity index (χ2v) is 13.4.